The van der Waals surface area contributed by atoms with Crippen LogP contribution in [0.5, 0.6) is 0 Å². The van der Waals surface area contributed by atoms with E-state index in [1.54, 1.807) is 12.3 Å². The predicted octanol–water partition coefficient (Wildman–Crippen LogP) is 1.20. The minimum Gasteiger partial charge on any atom is -0.396 e. The number of nitrogens with one attached hydrogen (secondary N) is 1. The molecule has 4 heteroatoms. The maximum Gasteiger partial charge on any atom is 0.140 e. The van der Waals surface area contributed by atoms with Gasteiger partial charge in [0.2, 0.25) is 0 Å². The van der Waals surface area contributed by atoms with Crippen molar-refractivity contribution >= 4 is 0 Å². The van der Waals surface area contributed by atoms with Gasteiger partial charge in [-0.2, -0.15) is 5.26 Å². The standard InChI is InChI=1S/C12H17N3O/c1-10(3-2-6-16)15-9-11-4-5-14-12(7-11)8-13/h4-5,7,10,15-16H,2-3,6,9H2,1H3. The molecule has 0 amide bonds. The minimum atomic E-state index is 0.236. The minimum absolute atomic E-state index is 0.236. The van der Waals surface area contributed by atoms with Gasteiger partial charge in [-0.3, -0.25) is 0 Å². The molecule has 0 bridgehead atoms. The third-order valence-electron chi connectivity index (χ3n) is 2.39. The summed E-state index contributed by atoms with van der Waals surface area (Å²) in [6.07, 6.45) is 3.41. The van der Waals surface area contributed by atoms with Crippen molar-refractivity contribution in [2.45, 2.75) is 32.4 Å². The molecule has 16 heavy (non-hydrogen) atoms. The maximum atomic E-state index is 8.70. The van der Waals surface area contributed by atoms with Crippen LogP contribution in [-0.4, -0.2) is 22.7 Å². The molecular formula is C12H17N3O. The molecule has 1 unspecified atom stereocenters. The molecule has 0 saturated carbocycles. The molecule has 0 radical (unpaired) electrons. The molecule has 0 aliphatic rings. The Labute approximate surface area is 95.9 Å². The lowest BCUT2D eigenvalue weighted by molar-refractivity contribution is 0.276. The number of pyridine rings is 1. The molecule has 1 aromatic heterocycles. The Balaban J connectivity index is 2.39. The summed E-state index contributed by atoms with van der Waals surface area (Å²) < 4.78 is 0. The molecule has 2 N–H and O–H groups in total. The average molecular weight is 219 g/mol. The van der Waals surface area contributed by atoms with Crippen LogP contribution in [0.2, 0.25) is 0 Å². The average Bonchev–Trinajstić information content (AvgIpc) is 2.34. The highest BCUT2D eigenvalue weighted by Gasteiger charge is 2.01. The first-order chi connectivity index (χ1) is 7.76. The van der Waals surface area contributed by atoms with Crippen LogP contribution in [-0.2, 0) is 6.54 Å². The van der Waals surface area contributed by atoms with Gasteiger partial charge >= 0.3 is 0 Å². The van der Waals surface area contributed by atoms with Crippen molar-refractivity contribution in [1.29, 1.82) is 5.26 Å². The van der Waals surface area contributed by atoms with Crippen molar-refractivity contribution in [2.24, 2.45) is 0 Å². The van der Waals surface area contributed by atoms with Crippen molar-refractivity contribution in [1.82, 2.24) is 10.3 Å². The van der Waals surface area contributed by atoms with E-state index in [1.807, 2.05) is 12.1 Å². The first kappa shape index (κ1) is 12.6. The van der Waals surface area contributed by atoms with Gasteiger partial charge < -0.3 is 10.4 Å². The summed E-state index contributed by atoms with van der Waals surface area (Å²) in [5.41, 5.74) is 1.50. The normalized spacial score (nSPS) is 12.1. The highest BCUT2D eigenvalue weighted by molar-refractivity contribution is 5.25. The van der Waals surface area contributed by atoms with Crippen molar-refractivity contribution in [3.05, 3.63) is 29.6 Å². The zero-order valence-corrected chi connectivity index (χ0v) is 9.48. The summed E-state index contributed by atoms with van der Waals surface area (Å²) in [6, 6.07) is 6.06. The number of hydrogen-bond donors (Lipinski definition) is 2. The molecular weight excluding hydrogens is 202 g/mol. The molecule has 86 valence electrons. The Morgan fingerprint density at radius 1 is 1.62 bits per heavy atom. The quantitative estimate of drug-likeness (QED) is 0.754. The van der Waals surface area contributed by atoms with Gasteiger partial charge in [0.15, 0.2) is 0 Å². The van der Waals surface area contributed by atoms with E-state index < -0.39 is 0 Å². The fourth-order valence-corrected chi connectivity index (χ4v) is 1.44. The molecule has 1 heterocycles. The second-order valence-corrected chi connectivity index (χ2v) is 3.81. The number of rotatable bonds is 6. The fourth-order valence-electron chi connectivity index (χ4n) is 1.44. The lowest BCUT2D eigenvalue weighted by Gasteiger charge is -2.12. The SMILES string of the molecule is CC(CCCO)NCc1ccnc(C#N)c1. The molecule has 0 fully saturated rings. The molecule has 0 spiro atoms. The predicted molar refractivity (Wildman–Crippen MR) is 61.6 cm³/mol. The Hall–Kier alpha value is -1.44. The second-order valence-electron chi connectivity index (χ2n) is 3.81. The van der Waals surface area contributed by atoms with Crippen LogP contribution in [0.4, 0.5) is 0 Å². The molecule has 0 saturated heterocycles. The van der Waals surface area contributed by atoms with E-state index in [9.17, 15) is 0 Å². The number of aliphatic hydroxyl groups excluding tert-OH is 1. The Morgan fingerprint density at radius 2 is 2.44 bits per heavy atom. The van der Waals surface area contributed by atoms with E-state index in [-0.39, 0.29) is 6.61 Å². The van der Waals surface area contributed by atoms with Crippen LogP contribution in [0.3, 0.4) is 0 Å². The first-order valence-corrected chi connectivity index (χ1v) is 5.45. The van der Waals surface area contributed by atoms with Gasteiger partial charge in [0.05, 0.1) is 0 Å². The molecule has 0 aliphatic carbocycles. The summed E-state index contributed by atoms with van der Waals surface area (Å²) >= 11 is 0. The van der Waals surface area contributed by atoms with E-state index in [1.165, 1.54) is 0 Å². The molecule has 0 aliphatic heterocycles. The lowest BCUT2D eigenvalue weighted by Crippen LogP contribution is -2.25. The summed E-state index contributed by atoms with van der Waals surface area (Å²) in [5.74, 6) is 0. The van der Waals surface area contributed by atoms with E-state index in [4.69, 9.17) is 10.4 Å². The highest BCUT2D eigenvalue weighted by Crippen LogP contribution is 2.02. The molecule has 1 aromatic rings. The highest BCUT2D eigenvalue weighted by atomic mass is 16.2. The first-order valence-electron chi connectivity index (χ1n) is 5.45. The van der Waals surface area contributed by atoms with E-state index >= 15 is 0 Å². The van der Waals surface area contributed by atoms with Crippen molar-refractivity contribution < 1.29 is 5.11 Å². The summed E-state index contributed by atoms with van der Waals surface area (Å²) in [4.78, 5) is 3.91. The Bertz CT molecular complexity index is 360. The Kier molecular flexibility index (Phi) is 5.48. The third-order valence-corrected chi connectivity index (χ3v) is 2.39. The van der Waals surface area contributed by atoms with Crippen LogP contribution in [0.25, 0.3) is 0 Å². The van der Waals surface area contributed by atoms with Gasteiger partial charge in [0.1, 0.15) is 11.8 Å². The third kappa shape index (κ3) is 4.39. The maximum absolute atomic E-state index is 8.70. The van der Waals surface area contributed by atoms with Crippen molar-refractivity contribution in [3.63, 3.8) is 0 Å². The monoisotopic (exact) mass is 219 g/mol. The van der Waals surface area contributed by atoms with Crippen molar-refractivity contribution in [3.8, 4) is 6.07 Å². The van der Waals surface area contributed by atoms with Gasteiger partial charge in [0.25, 0.3) is 0 Å². The molecule has 0 aromatic carbocycles. The van der Waals surface area contributed by atoms with E-state index in [0.29, 0.717) is 11.7 Å². The smallest absolute Gasteiger partial charge is 0.140 e. The van der Waals surface area contributed by atoms with E-state index in [0.717, 1.165) is 24.9 Å². The van der Waals surface area contributed by atoms with Crippen LogP contribution in [0, 0.1) is 11.3 Å². The molecule has 4 nitrogen and oxygen atoms in total. The zero-order valence-electron chi connectivity index (χ0n) is 9.48. The number of nitrogens with zero attached hydrogens (tertiary/aromatic N) is 2. The summed E-state index contributed by atoms with van der Waals surface area (Å²) in [6.45, 7) is 3.05. The zero-order chi connectivity index (χ0) is 11.8. The number of aliphatic hydroxyl groups is 1. The van der Waals surface area contributed by atoms with Gasteiger partial charge in [-0.25, -0.2) is 4.98 Å². The molecule has 1 rings (SSSR count). The van der Waals surface area contributed by atoms with Crippen LogP contribution < -0.4 is 5.32 Å². The fraction of sp³-hybridized carbons (Fsp3) is 0.500. The van der Waals surface area contributed by atoms with E-state index in [2.05, 4.69) is 17.2 Å². The topological polar surface area (TPSA) is 68.9 Å². The van der Waals surface area contributed by atoms with Gasteiger partial charge in [-0.05, 0) is 37.5 Å². The van der Waals surface area contributed by atoms with Crippen LogP contribution >= 0.6 is 0 Å². The van der Waals surface area contributed by atoms with Gasteiger partial charge in [-0.1, -0.05) is 0 Å². The van der Waals surface area contributed by atoms with Gasteiger partial charge in [-0.15, -0.1) is 0 Å². The van der Waals surface area contributed by atoms with Crippen LogP contribution in [0.1, 0.15) is 31.0 Å². The van der Waals surface area contributed by atoms with Crippen molar-refractivity contribution in [2.75, 3.05) is 6.61 Å². The second kappa shape index (κ2) is 6.94. The largest absolute Gasteiger partial charge is 0.396 e. The van der Waals surface area contributed by atoms with Crippen LogP contribution in [0.15, 0.2) is 18.3 Å². The van der Waals surface area contributed by atoms with Gasteiger partial charge in [0, 0.05) is 25.4 Å². The number of nitriles is 1. The molecule has 1 atom stereocenters. The summed E-state index contributed by atoms with van der Waals surface area (Å²) in [7, 11) is 0. The lowest BCUT2D eigenvalue weighted by atomic mass is 10.1. The number of aromatic nitrogens is 1. The Morgan fingerprint density at radius 3 is 3.12 bits per heavy atom. The summed E-state index contributed by atoms with van der Waals surface area (Å²) in [5, 5.41) is 20.7. The number of hydrogen-bond acceptors (Lipinski definition) is 4.